The van der Waals surface area contributed by atoms with E-state index in [1.807, 2.05) is 30.3 Å². The van der Waals surface area contributed by atoms with Crippen LogP contribution in [0, 0.1) is 0 Å². The Labute approximate surface area is 124 Å². The minimum Gasteiger partial charge on any atom is -0.339 e. The van der Waals surface area contributed by atoms with Gasteiger partial charge in [0.05, 0.1) is 11.7 Å². The molecule has 0 fully saturated rings. The van der Waals surface area contributed by atoms with Crippen molar-refractivity contribution in [1.29, 1.82) is 0 Å². The summed E-state index contributed by atoms with van der Waals surface area (Å²) >= 11 is 1.80. The van der Waals surface area contributed by atoms with Crippen molar-refractivity contribution < 1.29 is 4.52 Å². The van der Waals surface area contributed by atoms with Gasteiger partial charge in [0.1, 0.15) is 0 Å². The van der Waals surface area contributed by atoms with E-state index in [0.717, 1.165) is 17.1 Å². The maximum Gasteiger partial charge on any atom is 0.235 e. The molecule has 0 saturated carbocycles. The average Bonchev–Trinajstić information content (AvgIpc) is 2.87. The summed E-state index contributed by atoms with van der Waals surface area (Å²) in [4.78, 5) is 4.48. The van der Waals surface area contributed by atoms with E-state index in [1.54, 1.807) is 11.8 Å². The molecule has 0 aliphatic carbocycles. The molecule has 0 bridgehead atoms. The zero-order valence-corrected chi connectivity index (χ0v) is 13.0. The summed E-state index contributed by atoms with van der Waals surface area (Å²) in [6, 6.07) is 10.0. The van der Waals surface area contributed by atoms with Gasteiger partial charge in [0.2, 0.25) is 5.89 Å². The third-order valence-corrected chi connectivity index (χ3v) is 4.12. The largest absolute Gasteiger partial charge is 0.339 e. The molecule has 5 heteroatoms. The second kappa shape index (κ2) is 6.41. The normalized spacial score (nSPS) is 13.4. The van der Waals surface area contributed by atoms with Gasteiger partial charge in [-0.3, -0.25) is 0 Å². The van der Waals surface area contributed by atoms with Crippen LogP contribution in [0.5, 0.6) is 0 Å². The number of rotatable bonds is 5. The van der Waals surface area contributed by atoms with E-state index in [1.165, 1.54) is 0 Å². The molecule has 2 rings (SSSR count). The highest BCUT2D eigenvalue weighted by Gasteiger charge is 2.20. The molecule has 4 nitrogen and oxygen atoms in total. The molecule has 0 aliphatic heterocycles. The Morgan fingerprint density at radius 2 is 1.95 bits per heavy atom. The maximum absolute atomic E-state index is 5.86. The Kier molecular flexibility index (Phi) is 4.83. The van der Waals surface area contributed by atoms with Crippen LogP contribution in [0.25, 0.3) is 0 Å². The second-order valence-corrected chi connectivity index (χ2v) is 7.45. The molecule has 1 aromatic carbocycles. The summed E-state index contributed by atoms with van der Waals surface area (Å²) in [5.41, 5.74) is 6.96. The Morgan fingerprint density at radius 3 is 2.55 bits per heavy atom. The molecule has 108 valence electrons. The first kappa shape index (κ1) is 15.1. The standard InChI is InChI=1S/C15H21N3OS/c1-15(2,3)20-10-13-17-14(19-18-13)12(9-16)11-7-5-4-6-8-11/h4-8,12H,9-10,16H2,1-3H3. The minimum absolute atomic E-state index is 0.0305. The predicted molar refractivity (Wildman–Crippen MR) is 82.7 cm³/mol. The second-order valence-electron chi connectivity index (χ2n) is 5.65. The van der Waals surface area contributed by atoms with E-state index in [2.05, 4.69) is 30.9 Å². The first-order chi connectivity index (χ1) is 9.49. The third-order valence-electron chi connectivity index (χ3n) is 2.85. The summed E-state index contributed by atoms with van der Waals surface area (Å²) in [5, 5.41) is 4.05. The van der Waals surface area contributed by atoms with E-state index in [4.69, 9.17) is 10.3 Å². The van der Waals surface area contributed by atoms with Gasteiger partial charge in [0.15, 0.2) is 5.82 Å². The van der Waals surface area contributed by atoms with Gasteiger partial charge in [0.25, 0.3) is 0 Å². The molecular weight excluding hydrogens is 270 g/mol. The van der Waals surface area contributed by atoms with Gasteiger partial charge < -0.3 is 10.3 Å². The number of nitrogens with zero attached hydrogens (tertiary/aromatic N) is 2. The summed E-state index contributed by atoms with van der Waals surface area (Å²) < 4.78 is 5.57. The zero-order chi connectivity index (χ0) is 14.6. The third kappa shape index (κ3) is 4.08. The maximum atomic E-state index is 5.86. The first-order valence-corrected chi connectivity index (χ1v) is 7.69. The van der Waals surface area contributed by atoms with Crippen molar-refractivity contribution >= 4 is 11.8 Å². The van der Waals surface area contributed by atoms with Crippen LogP contribution in [0.4, 0.5) is 0 Å². The lowest BCUT2D eigenvalue weighted by Crippen LogP contribution is -2.14. The van der Waals surface area contributed by atoms with Crippen molar-refractivity contribution in [2.45, 2.75) is 37.2 Å². The monoisotopic (exact) mass is 291 g/mol. The number of nitrogens with two attached hydrogens (primary N) is 1. The number of thioether (sulfide) groups is 1. The molecule has 20 heavy (non-hydrogen) atoms. The van der Waals surface area contributed by atoms with Gasteiger partial charge in [-0.15, -0.1) is 11.8 Å². The van der Waals surface area contributed by atoms with Crippen LogP contribution < -0.4 is 5.73 Å². The summed E-state index contributed by atoms with van der Waals surface area (Å²) in [5.74, 6) is 2.05. The fraction of sp³-hybridized carbons (Fsp3) is 0.467. The average molecular weight is 291 g/mol. The van der Waals surface area contributed by atoms with Gasteiger partial charge in [0, 0.05) is 11.3 Å². The van der Waals surface area contributed by atoms with Crippen LogP contribution in [0.3, 0.4) is 0 Å². The van der Waals surface area contributed by atoms with Crippen LogP contribution in [-0.2, 0) is 5.75 Å². The molecule has 1 heterocycles. The summed E-state index contributed by atoms with van der Waals surface area (Å²) in [7, 11) is 0. The molecule has 1 atom stereocenters. The van der Waals surface area contributed by atoms with Gasteiger partial charge in [-0.1, -0.05) is 56.3 Å². The Morgan fingerprint density at radius 1 is 1.25 bits per heavy atom. The Balaban J connectivity index is 2.11. The van der Waals surface area contributed by atoms with Crippen LogP contribution in [0.1, 0.15) is 44.0 Å². The quantitative estimate of drug-likeness (QED) is 0.916. The molecule has 0 amide bonds. The SMILES string of the molecule is CC(C)(C)SCc1noc(C(CN)c2ccccc2)n1. The number of hydrogen-bond donors (Lipinski definition) is 1. The highest BCUT2D eigenvalue weighted by atomic mass is 32.2. The molecule has 1 aromatic heterocycles. The minimum atomic E-state index is -0.0305. The lowest BCUT2D eigenvalue weighted by molar-refractivity contribution is 0.363. The number of hydrogen-bond acceptors (Lipinski definition) is 5. The van der Waals surface area contributed by atoms with E-state index in [0.29, 0.717) is 12.4 Å². The van der Waals surface area contributed by atoms with Crippen LogP contribution in [0.15, 0.2) is 34.9 Å². The van der Waals surface area contributed by atoms with Gasteiger partial charge in [-0.2, -0.15) is 4.98 Å². The molecular formula is C15H21N3OS. The first-order valence-electron chi connectivity index (χ1n) is 6.71. The van der Waals surface area contributed by atoms with Gasteiger partial charge in [-0.05, 0) is 5.56 Å². The molecule has 1 unspecified atom stereocenters. The summed E-state index contributed by atoms with van der Waals surface area (Å²) in [6.07, 6.45) is 0. The molecule has 0 aliphatic rings. The van der Waals surface area contributed by atoms with Crippen LogP contribution in [-0.4, -0.2) is 21.4 Å². The fourth-order valence-electron chi connectivity index (χ4n) is 1.81. The van der Waals surface area contributed by atoms with Gasteiger partial charge in [-0.25, -0.2) is 0 Å². The Hall–Kier alpha value is -1.33. The highest BCUT2D eigenvalue weighted by molar-refractivity contribution is 7.99. The van der Waals surface area contributed by atoms with Crippen LogP contribution >= 0.6 is 11.8 Å². The molecule has 2 N–H and O–H groups in total. The van der Waals surface area contributed by atoms with E-state index in [9.17, 15) is 0 Å². The van der Waals surface area contributed by atoms with E-state index < -0.39 is 0 Å². The van der Waals surface area contributed by atoms with Crippen molar-refractivity contribution in [2.75, 3.05) is 6.54 Å². The Bertz CT molecular complexity index is 534. The van der Waals surface area contributed by atoms with E-state index in [-0.39, 0.29) is 10.7 Å². The fourth-order valence-corrected chi connectivity index (χ4v) is 2.49. The van der Waals surface area contributed by atoms with Crippen molar-refractivity contribution in [1.82, 2.24) is 10.1 Å². The molecule has 0 radical (unpaired) electrons. The topological polar surface area (TPSA) is 64.9 Å². The van der Waals surface area contributed by atoms with Crippen molar-refractivity contribution in [3.05, 3.63) is 47.6 Å². The van der Waals surface area contributed by atoms with Crippen molar-refractivity contribution in [2.24, 2.45) is 5.73 Å². The van der Waals surface area contributed by atoms with E-state index >= 15 is 0 Å². The smallest absolute Gasteiger partial charge is 0.235 e. The number of aromatic nitrogens is 2. The highest BCUT2D eigenvalue weighted by Crippen LogP contribution is 2.27. The van der Waals surface area contributed by atoms with Crippen molar-refractivity contribution in [3.63, 3.8) is 0 Å². The zero-order valence-electron chi connectivity index (χ0n) is 12.2. The van der Waals surface area contributed by atoms with Crippen LogP contribution in [0.2, 0.25) is 0 Å². The lowest BCUT2D eigenvalue weighted by atomic mass is 9.99. The predicted octanol–water partition coefficient (Wildman–Crippen LogP) is 3.19. The number of benzene rings is 1. The molecule has 0 spiro atoms. The van der Waals surface area contributed by atoms with Crippen molar-refractivity contribution in [3.8, 4) is 0 Å². The lowest BCUT2D eigenvalue weighted by Gasteiger charge is -2.15. The van der Waals surface area contributed by atoms with Gasteiger partial charge >= 0.3 is 0 Å². The molecule has 2 aromatic rings. The summed E-state index contributed by atoms with van der Waals surface area (Å²) in [6.45, 7) is 6.97. The molecule has 0 saturated heterocycles.